The second-order valence-electron chi connectivity index (χ2n) is 3.88. The van der Waals surface area contributed by atoms with E-state index >= 15 is 0 Å². The normalized spacial score (nSPS) is 22.6. The highest BCUT2D eigenvalue weighted by Crippen LogP contribution is 2.48. The largest absolute Gasteiger partial charge is 0.370 e. The molecule has 0 saturated heterocycles. The Kier molecular flexibility index (Phi) is 2.83. The standard InChI is InChI=1S/C11H12ClN3O/c12-7-3-1-6(2-4-7)8-5-9(8)10(16)15-11(13)14/h1-4,8-9H,5H2,(H4,13,14,15,16)/t8-,9+/m1/s1. The second kappa shape index (κ2) is 4.14. The number of aliphatic imine (C=N–C) groups is 1. The molecule has 16 heavy (non-hydrogen) atoms. The molecule has 2 rings (SSSR count). The molecule has 4 N–H and O–H groups in total. The van der Waals surface area contributed by atoms with Gasteiger partial charge in [-0.25, -0.2) is 0 Å². The Labute approximate surface area is 98.3 Å². The van der Waals surface area contributed by atoms with Crippen LogP contribution in [0.4, 0.5) is 0 Å². The molecule has 5 heteroatoms. The maximum atomic E-state index is 11.5. The predicted molar refractivity (Wildman–Crippen MR) is 63.1 cm³/mol. The summed E-state index contributed by atoms with van der Waals surface area (Å²) in [6.45, 7) is 0. The smallest absolute Gasteiger partial charge is 0.252 e. The van der Waals surface area contributed by atoms with Gasteiger partial charge in [-0.1, -0.05) is 23.7 Å². The van der Waals surface area contributed by atoms with Gasteiger partial charge in [-0.15, -0.1) is 0 Å². The predicted octanol–water partition coefficient (Wildman–Crippen LogP) is 1.24. The molecule has 0 aliphatic heterocycles. The first kappa shape index (κ1) is 11.0. The maximum absolute atomic E-state index is 11.5. The molecule has 1 amide bonds. The van der Waals surface area contributed by atoms with Gasteiger partial charge in [0.15, 0.2) is 5.96 Å². The highest BCUT2D eigenvalue weighted by Gasteiger charge is 2.43. The third-order valence-electron chi connectivity index (χ3n) is 2.65. The van der Waals surface area contributed by atoms with Crippen LogP contribution in [0.15, 0.2) is 29.3 Å². The molecule has 1 aliphatic rings. The van der Waals surface area contributed by atoms with E-state index in [1.54, 1.807) is 0 Å². The van der Waals surface area contributed by atoms with Crippen molar-refractivity contribution in [3.8, 4) is 0 Å². The number of nitrogens with two attached hydrogens (primary N) is 2. The zero-order valence-corrected chi connectivity index (χ0v) is 9.32. The first-order chi connectivity index (χ1) is 7.58. The van der Waals surface area contributed by atoms with Gasteiger partial charge in [-0.2, -0.15) is 4.99 Å². The lowest BCUT2D eigenvalue weighted by molar-refractivity contribution is -0.119. The van der Waals surface area contributed by atoms with Crippen molar-refractivity contribution in [2.45, 2.75) is 12.3 Å². The zero-order valence-electron chi connectivity index (χ0n) is 8.56. The van der Waals surface area contributed by atoms with Gasteiger partial charge in [0, 0.05) is 10.9 Å². The highest BCUT2D eigenvalue weighted by molar-refractivity contribution is 6.30. The summed E-state index contributed by atoms with van der Waals surface area (Å²) in [5, 5.41) is 0.691. The lowest BCUT2D eigenvalue weighted by Crippen LogP contribution is -2.24. The SMILES string of the molecule is NC(N)=NC(=O)[C@H]1C[C@@H]1c1ccc(Cl)cc1. The fourth-order valence-electron chi connectivity index (χ4n) is 1.76. The molecule has 1 aromatic rings. The molecule has 84 valence electrons. The quantitative estimate of drug-likeness (QED) is 0.600. The number of benzene rings is 1. The summed E-state index contributed by atoms with van der Waals surface area (Å²) in [5.74, 6) is -0.261. The summed E-state index contributed by atoms with van der Waals surface area (Å²) in [4.78, 5) is 15.0. The van der Waals surface area contributed by atoms with Crippen LogP contribution in [0.2, 0.25) is 5.02 Å². The van der Waals surface area contributed by atoms with Crippen LogP contribution in [0.5, 0.6) is 0 Å². The molecule has 1 aliphatic carbocycles. The summed E-state index contributed by atoms with van der Waals surface area (Å²) in [6.07, 6.45) is 0.803. The number of guanidine groups is 1. The summed E-state index contributed by atoms with van der Waals surface area (Å²) < 4.78 is 0. The molecule has 1 aromatic carbocycles. The number of hydrogen-bond donors (Lipinski definition) is 2. The van der Waals surface area contributed by atoms with Crippen LogP contribution in [0.25, 0.3) is 0 Å². The highest BCUT2D eigenvalue weighted by atomic mass is 35.5. The summed E-state index contributed by atoms with van der Waals surface area (Å²) >= 11 is 5.78. The van der Waals surface area contributed by atoms with Crippen LogP contribution in [0.3, 0.4) is 0 Å². The van der Waals surface area contributed by atoms with Crippen LogP contribution in [-0.2, 0) is 4.79 Å². The van der Waals surface area contributed by atoms with E-state index in [-0.39, 0.29) is 23.7 Å². The Balaban J connectivity index is 2.04. The number of rotatable bonds is 2. The number of carbonyl (C=O) groups is 1. The van der Waals surface area contributed by atoms with Crippen molar-refractivity contribution in [3.63, 3.8) is 0 Å². The molecule has 2 atom stereocenters. The van der Waals surface area contributed by atoms with Crippen molar-refractivity contribution in [3.05, 3.63) is 34.9 Å². The van der Waals surface area contributed by atoms with E-state index in [0.29, 0.717) is 5.02 Å². The summed E-state index contributed by atoms with van der Waals surface area (Å²) in [7, 11) is 0. The van der Waals surface area contributed by atoms with Gasteiger partial charge in [-0.3, -0.25) is 4.79 Å². The summed E-state index contributed by atoms with van der Waals surface area (Å²) in [6, 6.07) is 7.49. The monoisotopic (exact) mass is 237 g/mol. The maximum Gasteiger partial charge on any atom is 0.252 e. The van der Waals surface area contributed by atoms with Crippen molar-refractivity contribution in [1.82, 2.24) is 0 Å². The van der Waals surface area contributed by atoms with Gasteiger partial charge < -0.3 is 11.5 Å². The van der Waals surface area contributed by atoms with Crippen LogP contribution in [-0.4, -0.2) is 11.9 Å². The van der Waals surface area contributed by atoms with Crippen LogP contribution in [0.1, 0.15) is 17.9 Å². The average molecular weight is 238 g/mol. The second-order valence-corrected chi connectivity index (χ2v) is 4.31. The van der Waals surface area contributed by atoms with Crippen molar-refractivity contribution in [2.24, 2.45) is 22.4 Å². The summed E-state index contributed by atoms with van der Waals surface area (Å²) in [5.41, 5.74) is 11.4. The number of hydrogen-bond acceptors (Lipinski definition) is 1. The third-order valence-corrected chi connectivity index (χ3v) is 2.90. The molecule has 0 unspecified atom stereocenters. The number of carbonyl (C=O) groups excluding carboxylic acids is 1. The van der Waals surface area contributed by atoms with Gasteiger partial charge in [0.1, 0.15) is 0 Å². The van der Waals surface area contributed by atoms with E-state index in [2.05, 4.69) is 4.99 Å². The number of nitrogens with zero attached hydrogens (tertiary/aromatic N) is 1. The first-order valence-corrected chi connectivity index (χ1v) is 5.34. The minimum atomic E-state index is -0.236. The number of halogens is 1. The van der Waals surface area contributed by atoms with E-state index in [1.165, 1.54) is 0 Å². The topological polar surface area (TPSA) is 81.5 Å². The van der Waals surface area contributed by atoms with Crippen molar-refractivity contribution in [2.75, 3.05) is 0 Å². The minimum Gasteiger partial charge on any atom is -0.370 e. The third kappa shape index (κ3) is 2.33. The van der Waals surface area contributed by atoms with Crippen molar-refractivity contribution in [1.29, 1.82) is 0 Å². The fourth-order valence-corrected chi connectivity index (χ4v) is 1.88. The Morgan fingerprint density at radius 3 is 2.50 bits per heavy atom. The van der Waals surface area contributed by atoms with Gasteiger partial charge >= 0.3 is 0 Å². The van der Waals surface area contributed by atoms with Crippen LogP contribution in [0, 0.1) is 5.92 Å². The molecule has 0 heterocycles. The van der Waals surface area contributed by atoms with Crippen LogP contribution < -0.4 is 11.5 Å². The average Bonchev–Trinajstić information content (AvgIpc) is 2.97. The molecule has 0 aromatic heterocycles. The zero-order chi connectivity index (χ0) is 11.7. The molecule has 0 radical (unpaired) electrons. The lowest BCUT2D eigenvalue weighted by atomic mass is 10.1. The van der Waals surface area contributed by atoms with E-state index in [0.717, 1.165) is 12.0 Å². The molecule has 1 saturated carbocycles. The number of amides is 1. The minimum absolute atomic E-state index is 0.0803. The molecule has 0 spiro atoms. The molecule has 1 fully saturated rings. The first-order valence-electron chi connectivity index (χ1n) is 4.97. The molecular weight excluding hydrogens is 226 g/mol. The van der Waals surface area contributed by atoms with Gasteiger partial charge in [0.25, 0.3) is 5.91 Å². The Morgan fingerprint density at radius 2 is 1.94 bits per heavy atom. The Morgan fingerprint density at radius 1 is 1.31 bits per heavy atom. The lowest BCUT2D eigenvalue weighted by Gasteiger charge is -1.98. The Bertz CT molecular complexity index is 437. The van der Waals surface area contributed by atoms with Gasteiger partial charge in [-0.05, 0) is 30.0 Å². The molecule has 0 bridgehead atoms. The van der Waals surface area contributed by atoms with E-state index in [9.17, 15) is 4.79 Å². The molecule has 4 nitrogen and oxygen atoms in total. The van der Waals surface area contributed by atoms with E-state index in [4.69, 9.17) is 23.1 Å². The van der Waals surface area contributed by atoms with Gasteiger partial charge in [0.2, 0.25) is 0 Å². The van der Waals surface area contributed by atoms with Crippen LogP contribution >= 0.6 is 11.6 Å². The van der Waals surface area contributed by atoms with Crippen molar-refractivity contribution >= 4 is 23.5 Å². The van der Waals surface area contributed by atoms with Gasteiger partial charge in [0.05, 0.1) is 0 Å². The van der Waals surface area contributed by atoms with E-state index in [1.807, 2.05) is 24.3 Å². The van der Waals surface area contributed by atoms with Crippen molar-refractivity contribution < 1.29 is 4.79 Å². The Hall–Kier alpha value is -1.55. The fraction of sp³-hybridized carbons (Fsp3) is 0.273. The van der Waals surface area contributed by atoms with E-state index < -0.39 is 0 Å². The molecular formula is C11H12ClN3O.